The Kier molecular flexibility index (Phi) is 4.17. The second kappa shape index (κ2) is 5.40. The Bertz CT molecular complexity index is 419. The normalized spacial score (nSPS) is 12.1. The maximum Gasteiger partial charge on any atom is 0.323 e. The Labute approximate surface area is 98.3 Å². The van der Waals surface area contributed by atoms with E-state index in [1.165, 1.54) is 0 Å². The van der Waals surface area contributed by atoms with Crippen molar-refractivity contribution in [3.05, 3.63) is 17.7 Å². The average Bonchev–Trinajstić information content (AvgIpc) is 2.26. The second-order valence-electron chi connectivity index (χ2n) is 3.53. The number of ether oxygens (including phenoxy) is 1. The molecule has 0 fully saturated rings. The van der Waals surface area contributed by atoms with Crippen LogP contribution in [-0.2, 0) is 16.0 Å². The molecule has 0 saturated carbocycles. The molecule has 1 unspecified atom stereocenters. The van der Waals surface area contributed by atoms with Crippen molar-refractivity contribution in [2.45, 2.75) is 19.4 Å². The van der Waals surface area contributed by atoms with Crippen LogP contribution in [0.1, 0.15) is 12.5 Å². The van der Waals surface area contributed by atoms with E-state index in [9.17, 15) is 15.0 Å². The summed E-state index contributed by atoms with van der Waals surface area (Å²) in [5.41, 5.74) is 5.83. The van der Waals surface area contributed by atoms with Crippen LogP contribution in [0, 0.1) is 0 Å². The van der Waals surface area contributed by atoms with Gasteiger partial charge in [-0.1, -0.05) is 0 Å². The molecule has 1 aromatic carbocycles. The molecule has 5 N–H and O–H groups in total. The molecule has 0 aliphatic rings. The van der Waals surface area contributed by atoms with Crippen LogP contribution in [0.3, 0.4) is 0 Å². The van der Waals surface area contributed by atoms with Gasteiger partial charge in [0.05, 0.1) is 6.61 Å². The Morgan fingerprint density at radius 1 is 1.29 bits per heavy atom. The van der Waals surface area contributed by atoms with Crippen molar-refractivity contribution in [3.63, 3.8) is 0 Å². The van der Waals surface area contributed by atoms with E-state index < -0.39 is 17.8 Å². The molecule has 0 aliphatic heterocycles. The van der Waals surface area contributed by atoms with Crippen LogP contribution < -0.4 is 5.73 Å². The number of hydrogen-bond donors (Lipinski definition) is 4. The maximum atomic E-state index is 11.3. The lowest BCUT2D eigenvalue weighted by Gasteiger charge is -2.12. The smallest absolute Gasteiger partial charge is 0.323 e. The largest absolute Gasteiger partial charge is 0.508 e. The number of esters is 1. The first-order valence-electron chi connectivity index (χ1n) is 5.11. The van der Waals surface area contributed by atoms with Crippen molar-refractivity contribution >= 4 is 5.97 Å². The molecule has 0 saturated heterocycles. The molecule has 1 rings (SSSR count). The fourth-order valence-corrected chi connectivity index (χ4v) is 1.34. The van der Waals surface area contributed by atoms with Crippen LogP contribution >= 0.6 is 0 Å². The number of benzene rings is 1. The third-order valence-electron chi connectivity index (χ3n) is 2.20. The molecule has 6 heteroatoms. The summed E-state index contributed by atoms with van der Waals surface area (Å²) >= 11 is 0. The van der Waals surface area contributed by atoms with Crippen LogP contribution in [0.2, 0.25) is 0 Å². The average molecular weight is 241 g/mol. The molecule has 1 aromatic rings. The molecule has 6 nitrogen and oxygen atoms in total. The zero-order valence-electron chi connectivity index (χ0n) is 9.38. The molecule has 0 bridgehead atoms. The SMILES string of the molecule is CCOC(=O)C(N)Cc1cc(O)c(O)cc1O. The molecular weight excluding hydrogens is 226 g/mol. The number of hydrogen-bond acceptors (Lipinski definition) is 6. The van der Waals surface area contributed by atoms with Crippen molar-refractivity contribution in [2.75, 3.05) is 6.61 Å². The van der Waals surface area contributed by atoms with Gasteiger partial charge in [0.2, 0.25) is 0 Å². The number of aromatic hydroxyl groups is 3. The highest BCUT2D eigenvalue weighted by atomic mass is 16.5. The highest BCUT2D eigenvalue weighted by molar-refractivity contribution is 5.76. The van der Waals surface area contributed by atoms with Gasteiger partial charge in [0.25, 0.3) is 0 Å². The van der Waals surface area contributed by atoms with Crippen molar-refractivity contribution in [2.24, 2.45) is 5.73 Å². The van der Waals surface area contributed by atoms with Gasteiger partial charge >= 0.3 is 5.97 Å². The summed E-state index contributed by atoms with van der Waals surface area (Å²) < 4.78 is 4.71. The van der Waals surface area contributed by atoms with Gasteiger partial charge in [-0.3, -0.25) is 4.79 Å². The number of nitrogens with two attached hydrogens (primary N) is 1. The minimum atomic E-state index is -0.926. The van der Waals surface area contributed by atoms with E-state index in [0.717, 1.165) is 12.1 Å². The molecule has 17 heavy (non-hydrogen) atoms. The fraction of sp³-hybridized carbons (Fsp3) is 0.364. The van der Waals surface area contributed by atoms with Crippen molar-refractivity contribution in [1.82, 2.24) is 0 Å². The minimum Gasteiger partial charge on any atom is -0.508 e. The lowest BCUT2D eigenvalue weighted by Crippen LogP contribution is -2.34. The van der Waals surface area contributed by atoms with Gasteiger partial charge < -0.3 is 25.8 Å². The molecule has 0 aromatic heterocycles. The van der Waals surface area contributed by atoms with Gasteiger partial charge in [-0.2, -0.15) is 0 Å². The Balaban J connectivity index is 2.81. The quantitative estimate of drug-likeness (QED) is 0.341. The van der Waals surface area contributed by atoms with E-state index in [-0.39, 0.29) is 30.1 Å². The van der Waals surface area contributed by atoms with Crippen LogP contribution in [0.15, 0.2) is 12.1 Å². The first-order chi connectivity index (χ1) is 7.95. The molecule has 94 valence electrons. The summed E-state index contributed by atoms with van der Waals surface area (Å²) in [6.45, 7) is 1.88. The van der Waals surface area contributed by atoms with E-state index in [1.54, 1.807) is 6.92 Å². The van der Waals surface area contributed by atoms with Gasteiger partial charge in [-0.25, -0.2) is 0 Å². The van der Waals surface area contributed by atoms with E-state index in [1.807, 2.05) is 0 Å². The highest BCUT2D eigenvalue weighted by Gasteiger charge is 2.18. The monoisotopic (exact) mass is 241 g/mol. The van der Waals surface area contributed by atoms with Crippen molar-refractivity contribution < 1.29 is 24.9 Å². The highest BCUT2D eigenvalue weighted by Crippen LogP contribution is 2.32. The van der Waals surface area contributed by atoms with Crippen LogP contribution in [0.4, 0.5) is 0 Å². The summed E-state index contributed by atoms with van der Waals surface area (Å²) in [6.07, 6.45) is 0.0124. The first kappa shape index (κ1) is 13.1. The van der Waals surface area contributed by atoms with E-state index >= 15 is 0 Å². The van der Waals surface area contributed by atoms with Crippen molar-refractivity contribution in [3.8, 4) is 17.2 Å². The van der Waals surface area contributed by atoms with Crippen LogP contribution in [0.5, 0.6) is 17.2 Å². The lowest BCUT2D eigenvalue weighted by atomic mass is 10.0. The number of phenolic OH excluding ortho intramolecular Hbond substituents is 3. The molecule has 1 atom stereocenters. The number of carbonyl (C=O) groups is 1. The summed E-state index contributed by atoms with van der Waals surface area (Å²) in [7, 11) is 0. The van der Waals surface area contributed by atoms with Crippen LogP contribution in [0.25, 0.3) is 0 Å². The van der Waals surface area contributed by atoms with Gasteiger partial charge in [0.1, 0.15) is 11.8 Å². The molecule has 0 aliphatic carbocycles. The maximum absolute atomic E-state index is 11.3. The van der Waals surface area contributed by atoms with Gasteiger partial charge in [0.15, 0.2) is 11.5 Å². The van der Waals surface area contributed by atoms with E-state index in [2.05, 4.69) is 0 Å². The van der Waals surface area contributed by atoms with Crippen molar-refractivity contribution in [1.29, 1.82) is 0 Å². The summed E-state index contributed by atoms with van der Waals surface area (Å²) in [6, 6.07) is 1.22. The molecular formula is C11H15NO5. The zero-order valence-corrected chi connectivity index (χ0v) is 9.38. The predicted molar refractivity (Wildman–Crippen MR) is 59.7 cm³/mol. The summed E-state index contributed by atoms with van der Waals surface area (Å²) in [5.74, 6) is -1.63. The molecule has 0 amide bonds. The van der Waals surface area contributed by atoms with Gasteiger partial charge in [-0.05, 0) is 18.6 Å². The third-order valence-corrected chi connectivity index (χ3v) is 2.20. The van der Waals surface area contributed by atoms with E-state index in [0.29, 0.717) is 0 Å². The standard InChI is InChI=1S/C11H15NO5/c1-2-17-11(16)7(12)3-6-4-9(14)10(15)5-8(6)13/h4-5,7,13-15H,2-3,12H2,1H3. The Morgan fingerprint density at radius 3 is 2.47 bits per heavy atom. The van der Waals surface area contributed by atoms with Gasteiger partial charge in [-0.15, -0.1) is 0 Å². The zero-order chi connectivity index (χ0) is 13.0. The Morgan fingerprint density at radius 2 is 1.88 bits per heavy atom. The van der Waals surface area contributed by atoms with Gasteiger partial charge in [0, 0.05) is 12.5 Å². The third kappa shape index (κ3) is 3.25. The second-order valence-corrected chi connectivity index (χ2v) is 3.53. The lowest BCUT2D eigenvalue weighted by molar-refractivity contribution is -0.144. The van der Waals surface area contributed by atoms with E-state index in [4.69, 9.17) is 15.6 Å². The topological polar surface area (TPSA) is 113 Å². The number of rotatable bonds is 4. The first-order valence-corrected chi connectivity index (χ1v) is 5.11. The minimum absolute atomic E-state index is 0.0124. The molecule has 0 heterocycles. The number of carbonyl (C=O) groups excluding carboxylic acids is 1. The predicted octanol–water partition coefficient (Wildman–Crippen LogP) is 0.236. The molecule has 0 spiro atoms. The molecule has 0 radical (unpaired) electrons. The van der Waals surface area contributed by atoms with Crippen LogP contribution in [-0.4, -0.2) is 33.9 Å². The summed E-state index contributed by atoms with van der Waals surface area (Å²) in [4.78, 5) is 11.3. The number of phenols is 3. The fourth-order valence-electron chi connectivity index (χ4n) is 1.34. The summed E-state index contributed by atoms with van der Waals surface area (Å²) in [5, 5.41) is 27.9. The Hall–Kier alpha value is -1.95.